The van der Waals surface area contributed by atoms with E-state index >= 15 is 0 Å². The Morgan fingerprint density at radius 1 is 0.943 bits per heavy atom. The number of methoxy groups -OCH3 is 1. The Hall–Kier alpha value is -4.39. The Kier molecular flexibility index (Phi) is 6.42. The number of ether oxygens (including phenoxy) is 2. The molecule has 1 amide bonds. The number of Topliss-reactive ketones (excluding diaryl/α,β-unsaturated/α-hetero) is 1. The summed E-state index contributed by atoms with van der Waals surface area (Å²) in [5.74, 6) is -1.83. The number of carbonyl (C=O) groups is 3. The van der Waals surface area contributed by atoms with Gasteiger partial charge in [-0.25, -0.2) is 0 Å². The van der Waals surface area contributed by atoms with Crippen LogP contribution in [0.4, 0.5) is 5.69 Å². The number of para-hydroxylation sites is 1. The lowest BCUT2D eigenvalue weighted by atomic mass is 9.94. The lowest BCUT2D eigenvalue weighted by Crippen LogP contribution is -2.29. The highest BCUT2D eigenvalue weighted by atomic mass is 16.5. The summed E-state index contributed by atoms with van der Waals surface area (Å²) in [7, 11) is 1.46. The van der Waals surface area contributed by atoms with E-state index in [1.54, 1.807) is 54.6 Å². The SMILES string of the molecule is COc1ccccc1/C(O)=C1\C(=O)C(=O)N(c2ccc(C)c(C)c2)C1c1cccc(OC(C)=O)c1. The summed E-state index contributed by atoms with van der Waals surface area (Å²) in [6.45, 7) is 5.16. The molecule has 7 nitrogen and oxygen atoms in total. The first-order chi connectivity index (χ1) is 16.7. The van der Waals surface area contributed by atoms with Gasteiger partial charge in [0.25, 0.3) is 11.7 Å². The fourth-order valence-electron chi connectivity index (χ4n) is 4.19. The number of benzene rings is 3. The number of aliphatic hydroxyl groups is 1. The molecule has 1 unspecified atom stereocenters. The third-order valence-electron chi connectivity index (χ3n) is 6.01. The normalized spacial score (nSPS) is 16.9. The molecule has 7 heteroatoms. The number of hydrogen-bond acceptors (Lipinski definition) is 6. The molecule has 1 atom stereocenters. The quantitative estimate of drug-likeness (QED) is 0.188. The van der Waals surface area contributed by atoms with Gasteiger partial charge in [-0.2, -0.15) is 0 Å². The third kappa shape index (κ3) is 4.40. The molecule has 0 radical (unpaired) electrons. The van der Waals surface area contributed by atoms with Gasteiger partial charge in [0.1, 0.15) is 17.3 Å². The van der Waals surface area contributed by atoms with Crippen LogP contribution in [0.1, 0.15) is 35.2 Å². The summed E-state index contributed by atoms with van der Waals surface area (Å²) in [5.41, 5.74) is 3.19. The fourth-order valence-corrected chi connectivity index (χ4v) is 4.19. The van der Waals surface area contributed by atoms with Crippen molar-refractivity contribution in [3.8, 4) is 11.5 Å². The third-order valence-corrected chi connectivity index (χ3v) is 6.01. The van der Waals surface area contributed by atoms with E-state index in [2.05, 4.69) is 0 Å². The maximum absolute atomic E-state index is 13.4. The molecule has 1 aliphatic rings. The van der Waals surface area contributed by atoms with Crippen molar-refractivity contribution in [3.05, 3.63) is 94.6 Å². The van der Waals surface area contributed by atoms with Crippen molar-refractivity contribution >= 4 is 29.1 Å². The molecule has 0 bridgehead atoms. The van der Waals surface area contributed by atoms with E-state index in [1.165, 1.54) is 18.9 Å². The maximum Gasteiger partial charge on any atom is 0.308 e. The Labute approximate surface area is 203 Å². The molecule has 1 saturated heterocycles. The Balaban J connectivity index is 1.98. The van der Waals surface area contributed by atoms with Gasteiger partial charge in [0.05, 0.1) is 24.3 Å². The van der Waals surface area contributed by atoms with Crippen molar-refractivity contribution in [3.63, 3.8) is 0 Å². The monoisotopic (exact) mass is 471 g/mol. The van der Waals surface area contributed by atoms with Crippen LogP contribution in [0.3, 0.4) is 0 Å². The molecule has 1 fully saturated rings. The van der Waals surface area contributed by atoms with Crippen molar-refractivity contribution < 1.29 is 29.0 Å². The van der Waals surface area contributed by atoms with Gasteiger partial charge in [0.15, 0.2) is 0 Å². The second-order valence-electron chi connectivity index (χ2n) is 8.30. The number of ketones is 1. The first-order valence-electron chi connectivity index (χ1n) is 11.0. The van der Waals surface area contributed by atoms with Gasteiger partial charge in [-0.15, -0.1) is 0 Å². The number of carbonyl (C=O) groups excluding carboxylic acids is 3. The van der Waals surface area contributed by atoms with E-state index in [9.17, 15) is 19.5 Å². The highest BCUT2D eigenvalue weighted by molar-refractivity contribution is 6.51. The molecular formula is C28H25NO6. The van der Waals surface area contributed by atoms with Crippen LogP contribution < -0.4 is 14.4 Å². The van der Waals surface area contributed by atoms with E-state index < -0.39 is 23.7 Å². The number of amides is 1. The van der Waals surface area contributed by atoms with Crippen LogP contribution in [-0.4, -0.2) is 29.9 Å². The predicted molar refractivity (Wildman–Crippen MR) is 131 cm³/mol. The van der Waals surface area contributed by atoms with E-state index in [0.29, 0.717) is 17.0 Å². The van der Waals surface area contributed by atoms with Crippen molar-refractivity contribution in [2.24, 2.45) is 0 Å². The van der Waals surface area contributed by atoms with Crippen LogP contribution in [0, 0.1) is 13.8 Å². The summed E-state index contributed by atoms with van der Waals surface area (Å²) in [6, 6.07) is 17.8. The zero-order valence-corrected chi connectivity index (χ0v) is 19.9. The molecule has 1 N–H and O–H groups in total. The Morgan fingerprint density at radius 2 is 1.69 bits per heavy atom. The highest BCUT2D eigenvalue weighted by Crippen LogP contribution is 2.44. The lowest BCUT2D eigenvalue weighted by molar-refractivity contribution is -0.132. The Morgan fingerprint density at radius 3 is 2.37 bits per heavy atom. The fraction of sp³-hybridized carbons (Fsp3) is 0.179. The second-order valence-corrected chi connectivity index (χ2v) is 8.30. The van der Waals surface area contributed by atoms with Gasteiger partial charge in [0.2, 0.25) is 0 Å². The molecule has 35 heavy (non-hydrogen) atoms. The molecule has 4 rings (SSSR count). The van der Waals surface area contributed by atoms with E-state index in [1.807, 2.05) is 26.0 Å². The van der Waals surface area contributed by atoms with Gasteiger partial charge in [0, 0.05) is 12.6 Å². The summed E-state index contributed by atoms with van der Waals surface area (Å²) >= 11 is 0. The van der Waals surface area contributed by atoms with E-state index in [4.69, 9.17) is 9.47 Å². The average Bonchev–Trinajstić information content (AvgIpc) is 3.10. The van der Waals surface area contributed by atoms with Crippen molar-refractivity contribution in [2.45, 2.75) is 26.8 Å². The molecule has 3 aromatic rings. The van der Waals surface area contributed by atoms with E-state index in [-0.39, 0.29) is 22.6 Å². The minimum Gasteiger partial charge on any atom is -0.507 e. The maximum atomic E-state index is 13.4. The Bertz CT molecular complexity index is 1370. The summed E-state index contributed by atoms with van der Waals surface area (Å²) in [4.78, 5) is 39.6. The first kappa shape index (κ1) is 23.8. The largest absolute Gasteiger partial charge is 0.507 e. The molecular weight excluding hydrogens is 446 g/mol. The zero-order valence-electron chi connectivity index (χ0n) is 19.9. The van der Waals surface area contributed by atoms with Crippen molar-refractivity contribution in [2.75, 3.05) is 12.0 Å². The van der Waals surface area contributed by atoms with Crippen LogP contribution in [-0.2, 0) is 14.4 Å². The number of anilines is 1. The van der Waals surface area contributed by atoms with Crippen molar-refractivity contribution in [1.29, 1.82) is 0 Å². The predicted octanol–water partition coefficient (Wildman–Crippen LogP) is 4.86. The number of nitrogens with zero attached hydrogens (tertiary/aromatic N) is 1. The van der Waals surface area contributed by atoms with Gasteiger partial charge >= 0.3 is 5.97 Å². The molecule has 178 valence electrons. The standard InChI is InChI=1S/C28H25NO6/c1-16-12-13-20(14-17(16)2)29-25(19-8-7-9-21(15-19)35-18(3)30)24(27(32)28(29)33)26(31)22-10-5-6-11-23(22)34-4/h5-15,25,31H,1-4H3/b26-24+. The van der Waals surface area contributed by atoms with Gasteiger partial charge < -0.3 is 14.6 Å². The average molecular weight is 472 g/mol. The lowest BCUT2D eigenvalue weighted by Gasteiger charge is -2.26. The second kappa shape index (κ2) is 9.46. The van der Waals surface area contributed by atoms with Crippen LogP contribution in [0.5, 0.6) is 11.5 Å². The number of hydrogen-bond donors (Lipinski definition) is 1. The number of esters is 1. The molecule has 3 aromatic carbocycles. The van der Waals surface area contributed by atoms with Crippen LogP contribution in [0.2, 0.25) is 0 Å². The van der Waals surface area contributed by atoms with E-state index in [0.717, 1.165) is 11.1 Å². The number of aliphatic hydroxyl groups excluding tert-OH is 1. The minimum absolute atomic E-state index is 0.0855. The van der Waals surface area contributed by atoms with Gasteiger partial charge in [-0.05, 0) is 66.9 Å². The zero-order chi connectivity index (χ0) is 25.3. The number of rotatable bonds is 5. The van der Waals surface area contributed by atoms with Crippen LogP contribution in [0.25, 0.3) is 5.76 Å². The smallest absolute Gasteiger partial charge is 0.308 e. The minimum atomic E-state index is -0.961. The first-order valence-corrected chi connectivity index (χ1v) is 11.0. The number of aryl methyl sites for hydroxylation is 2. The molecule has 0 spiro atoms. The van der Waals surface area contributed by atoms with Gasteiger partial charge in [-0.3, -0.25) is 19.3 Å². The van der Waals surface area contributed by atoms with Crippen LogP contribution >= 0.6 is 0 Å². The molecule has 0 saturated carbocycles. The van der Waals surface area contributed by atoms with Gasteiger partial charge in [-0.1, -0.05) is 30.3 Å². The highest BCUT2D eigenvalue weighted by Gasteiger charge is 2.47. The molecule has 0 aromatic heterocycles. The van der Waals surface area contributed by atoms with Crippen LogP contribution in [0.15, 0.2) is 72.3 Å². The molecule has 1 heterocycles. The summed E-state index contributed by atoms with van der Waals surface area (Å²) in [5, 5.41) is 11.3. The topological polar surface area (TPSA) is 93.1 Å². The summed E-state index contributed by atoms with van der Waals surface area (Å²) in [6.07, 6.45) is 0. The summed E-state index contributed by atoms with van der Waals surface area (Å²) < 4.78 is 10.6. The molecule has 1 aliphatic heterocycles. The van der Waals surface area contributed by atoms with Crippen molar-refractivity contribution in [1.82, 2.24) is 0 Å². The molecule has 0 aliphatic carbocycles.